The Bertz CT molecular complexity index is 564. The predicted octanol–water partition coefficient (Wildman–Crippen LogP) is 3.46. The summed E-state index contributed by atoms with van der Waals surface area (Å²) in [7, 11) is 0. The van der Waals surface area contributed by atoms with E-state index in [4.69, 9.17) is 0 Å². The molecule has 0 radical (unpaired) electrons. The van der Waals surface area contributed by atoms with Gasteiger partial charge in [-0.2, -0.15) is 13.2 Å². The maximum absolute atomic E-state index is 12.0. The van der Waals surface area contributed by atoms with Crippen LogP contribution in [0.15, 0.2) is 36.8 Å². The van der Waals surface area contributed by atoms with Crippen LogP contribution in [0.4, 0.5) is 18.9 Å². The summed E-state index contributed by atoms with van der Waals surface area (Å²) in [5.74, 6) is -0.0463. The molecule has 1 N–H and O–H groups in total. The normalized spacial score (nSPS) is 11.4. The van der Waals surface area contributed by atoms with Crippen molar-refractivity contribution >= 4 is 5.69 Å². The van der Waals surface area contributed by atoms with Gasteiger partial charge in [0, 0.05) is 31.5 Å². The van der Waals surface area contributed by atoms with Gasteiger partial charge in [-0.1, -0.05) is 0 Å². The molecule has 7 heteroatoms. The van der Waals surface area contributed by atoms with Crippen molar-refractivity contribution in [2.45, 2.75) is 26.2 Å². The van der Waals surface area contributed by atoms with Crippen molar-refractivity contribution in [1.29, 1.82) is 0 Å². The van der Waals surface area contributed by atoms with Crippen LogP contribution >= 0.6 is 0 Å². The predicted molar refractivity (Wildman–Crippen MR) is 73.2 cm³/mol. The molecule has 0 spiro atoms. The van der Waals surface area contributed by atoms with E-state index in [9.17, 15) is 13.2 Å². The van der Waals surface area contributed by atoms with E-state index in [1.54, 1.807) is 6.07 Å². The highest BCUT2D eigenvalue weighted by atomic mass is 19.4. The van der Waals surface area contributed by atoms with E-state index in [1.807, 2.05) is 18.5 Å². The molecule has 2 heterocycles. The number of hydrogen-bond acceptors (Lipinski definition) is 3. The summed E-state index contributed by atoms with van der Waals surface area (Å²) in [5, 5.41) is 3.14. The van der Waals surface area contributed by atoms with Crippen molar-refractivity contribution < 1.29 is 17.9 Å². The first kappa shape index (κ1) is 15.2. The SMILES string of the molecule is CCn1ccc(CNc2ccc(OCC(F)(F)F)nc2)c1. The first-order valence-electron chi connectivity index (χ1n) is 6.50. The van der Waals surface area contributed by atoms with E-state index >= 15 is 0 Å². The zero-order valence-corrected chi connectivity index (χ0v) is 11.5. The lowest BCUT2D eigenvalue weighted by Gasteiger charge is -2.09. The number of aromatic nitrogens is 2. The number of halogens is 3. The van der Waals surface area contributed by atoms with Crippen LogP contribution in [0.1, 0.15) is 12.5 Å². The zero-order valence-electron chi connectivity index (χ0n) is 11.5. The largest absolute Gasteiger partial charge is 0.468 e. The topological polar surface area (TPSA) is 39.1 Å². The van der Waals surface area contributed by atoms with E-state index < -0.39 is 12.8 Å². The molecule has 0 atom stereocenters. The first-order valence-corrected chi connectivity index (χ1v) is 6.50. The number of nitrogens with one attached hydrogen (secondary N) is 1. The lowest BCUT2D eigenvalue weighted by Crippen LogP contribution is -2.19. The van der Waals surface area contributed by atoms with Crippen molar-refractivity contribution in [3.63, 3.8) is 0 Å². The molecule has 21 heavy (non-hydrogen) atoms. The second-order valence-electron chi connectivity index (χ2n) is 4.49. The zero-order chi connectivity index (χ0) is 15.3. The maximum Gasteiger partial charge on any atom is 0.422 e. The fourth-order valence-corrected chi connectivity index (χ4v) is 1.72. The van der Waals surface area contributed by atoms with Crippen molar-refractivity contribution in [2.24, 2.45) is 0 Å². The van der Waals surface area contributed by atoms with Gasteiger partial charge in [0.2, 0.25) is 5.88 Å². The summed E-state index contributed by atoms with van der Waals surface area (Å²) < 4.78 is 42.6. The molecule has 0 bridgehead atoms. The Balaban J connectivity index is 1.84. The van der Waals surface area contributed by atoms with Crippen molar-refractivity contribution in [3.05, 3.63) is 42.4 Å². The van der Waals surface area contributed by atoms with Crippen LogP contribution in [0.25, 0.3) is 0 Å². The number of pyridine rings is 1. The third-order valence-electron chi connectivity index (χ3n) is 2.79. The maximum atomic E-state index is 12.0. The summed E-state index contributed by atoms with van der Waals surface area (Å²) >= 11 is 0. The molecule has 0 amide bonds. The summed E-state index contributed by atoms with van der Waals surface area (Å²) in [6.45, 7) is 2.25. The van der Waals surface area contributed by atoms with Crippen LogP contribution < -0.4 is 10.1 Å². The second kappa shape index (κ2) is 6.51. The molecule has 0 aliphatic carbocycles. The third kappa shape index (κ3) is 5.02. The summed E-state index contributed by atoms with van der Waals surface area (Å²) in [5.41, 5.74) is 1.84. The molecule has 2 rings (SSSR count). The standard InChI is InChI=1S/C14H16F3N3O/c1-2-20-6-5-11(9-20)7-18-12-3-4-13(19-8-12)21-10-14(15,16)17/h3-6,8-9,18H,2,7,10H2,1H3. The molecule has 2 aromatic rings. The lowest BCUT2D eigenvalue weighted by atomic mass is 10.3. The molecule has 0 saturated carbocycles. The van der Waals surface area contributed by atoms with Crippen LogP contribution in [0.2, 0.25) is 0 Å². The smallest absolute Gasteiger partial charge is 0.422 e. The minimum atomic E-state index is -4.36. The van der Waals surface area contributed by atoms with Gasteiger partial charge in [-0.15, -0.1) is 0 Å². The Hall–Kier alpha value is -2.18. The van der Waals surface area contributed by atoms with E-state index in [-0.39, 0.29) is 5.88 Å². The van der Waals surface area contributed by atoms with E-state index in [0.29, 0.717) is 6.54 Å². The van der Waals surface area contributed by atoms with Crippen LogP contribution in [-0.4, -0.2) is 22.3 Å². The first-order chi connectivity index (χ1) is 9.96. The van der Waals surface area contributed by atoms with Gasteiger partial charge in [0.15, 0.2) is 6.61 Å². The van der Waals surface area contributed by atoms with Crippen LogP contribution in [0.3, 0.4) is 0 Å². The molecule has 0 aromatic carbocycles. The van der Waals surface area contributed by atoms with Gasteiger partial charge in [-0.25, -0.2) is 4.98 Å². The molecule has 2 aromatic heterocycles. The fraction of sp³-hybridized carbons (Fsp3) is 0.357. The average molecular weight is 299 g/mol. The van der Waals surface area contributed by atoms with E-state index in [1.165, 1.54) is 12.3 Å². The highest BCUT2D eigenvalue weighted by Crippen LogP contribution is 2.18. The molecule has 0 unspecified atom stereocenters. The van der Waals surface area contributed by atoms with Crippen molar-refractivity contribution in [3.8, 4) is 5.88 Å². The summed E-state index contributed by atoms with van der Waals surface area (Å²) in [4.78, 5) is 3.83. The number of anilines is 1. The van der Waals surface area contributed by atoms with Gasteiger partial charge in [-0.3, -0.25) is 0 Å². The Morgan fingerprint density at radius 1 is 1.29 bits per heavy atom. The van der Waals surface area contributed by atoms with Gasteiger partial charge >= 0.3 is 6.18 Å². The van der Waals surface area contributed by atoms with Gasteiger partial charge < -0.3 is 14.6 Å². The van der Waals surface area contributed by atoms with Gasteiger partial charge in [0.05, 0.1) is 11.9 Å². The molecule has 114 valence electrons. The van der Waals surface area contributed by atoms with Gasteiger partial charge in [0.25, 0.3) is 0 Å². The molecular weight excluding hydrogens is 283 g/mol. The fourth-order valence-electron chi connectivity index (χ4n) is 1.72. The molecule has 0 saturated heterocycles. The third-order valence-corrected chi connectivity index (χ3v) is 2.79. The number of hydrogen-bond donors (Lipinski definition) is 1. The van der Waals surface area contributed by atoms with Crippen LogP contribution in [0, 0.1) is 0 Å². The molecule has 0 aliphatic rings. The molecule has 0 aliphatic heterocycles. The Morgan fingerprint density at radius 2 is 2.10 bits per heavy atom. The Morgan fingerprint density at radius 3 is 2.67 bits per heavy atom. The second-order valence-corrected chi connectivity index (χ2v) is 4.49. The Labute approximate surface area is 120 Å². The number of ether oxygens (including phenoxy) is 1. The molecule has 4 nitrogen and oxygen atoms in total. The number of aryl methyl sites for hydroxylation is 1. The minimum absolute atomic E-state index is 0.0463. The van der Waals surface area contributed by atoms with Gasteiger partial charge in [-0.05, 0) is 24.6 Å². The highest BCUT2D eigenvalue weighted by Gasteiger charge is 2.28. The number of rotatable bonds is 6. The van der Waals surface area contributed by atoms with Crippen LogP contribution in [0.5, 0.6) is 5.88 Å². The van der Waals surface area contributed by atoms with Crippen molar-refractivity contribution in [2.75, 3.05) is 11.9 Å². The Kier molecular flexibility index (Phi) is 4.72. The summed E-state index contributed by atoms with van der Waals surface area (Å²) in [6.07, 6.45) is 1.11. The molecular formula is C14H16F3N3O. The summed E-state index contributed by atoms with van der Waals surface area (Å²) in [6, 6.07) is 5.05. The minimum Gasteiger partial charge on any atom is -0.468 e. The van der Waals surface area contributed by atoms with E-state index in [2.05, 4.69) is 26.5 Å². The average Bonchev–Trinajstić information content (AvgIpc) is 2.91. The van der Waals surface area contributed by atoms with E-state index in [0.717, 1.165) is 17.8 Å². The monoisotopic (exact) mass is 299 g/mol. The quantitative estimate of drug-likeness (QED) is 0.888. The van der Waals surface area contributed by atoms with Gasteiger partial charge in [0.1, 0.15) is 0 Å². The lowest BCUT2D eigenvalue weighted by molar-refractivity contribution is -0.154. The number of nitrogens with zero attached hydrogens (tertiary/aromatic N) is 2. The van der Waals surface area contributed by atoms with Crippen LogP contribution in [-0.2, 0) is 13.1 Å². The van der Waals surface area contributed by atoms with Crippen molar-refractivity contribution in [1.82, 2.24) is 9.55 Å². The highest BCUT2D eigenvalue weighted by molar-refractivity contribution is 5.42. The molecule has 0 fully saturated rings. The number of alkyl halides is 3.